The van der Waals surface area contributed by atoms with Crippen LogP contribution in [0.1, 0.15) is 25.1 Å². The maximum absolute atomic E-state index is 13.6. The number of carbonyl (C=O) groups is 1. The Kier molecular flexibility index (Phi) is 7.27. The first-order valence-electron chi connectivity index (χ1n) is 9.70. The normalized spacial score (nSPS) is 10.7. The van der Waals surface area contributed by atoms with Crippen molar-refractivity contribution in [3.05, 3.63) is 75.7 Å². The molecule has 0 aliphatic heterocycles. The van der Waals surface area contributed by atoms with Gasteiger partial charge in [0.2, 0.25) is 5.91 Å². The number of nitriles is 1. The van der Waals surface area contributed by atoms with Gasteiger partial charge in [0.05, 0.1) is 28.4 Å². The molecule has 7 heteroatoms. The average molecular weight is 456 g/mol. The van der Waals surface area contributed by atoms with Crippen molar-refractivity contribution in [1.82, 2.24) is 10.3 Å². The van der Waals surface area contributed by atoms with Gasteiger partial charge in [-0.25, -0.2) is 4.39 Å². The van der Waals surface area contributed by atoms with Gasteiger partial charge in [-0.05, 0) is 47.9 Å². The first-order valence-corrected chi connectivity index (χ1v) is 10.5. The minimum absolute atomic E-state index is 0.0532. The Morgan fingerprint density at radius 3 is 2.45 bits per heavy atom. The summed E-state index contributed by atoms with van der Waals surface area (Å²) in [5.74, 6) is -0.398. The summed E-state index contributed by atoms with van der Waals surface area (Å²) in [5.41, 5.74) is 2.97. The van der Waals surface area contributed by atoms with E-state index in [4.69, 9.17) is 23.2 Å². The van der Waals surface area contributed by atoms with E-state index >= 15 is 0 Å². The van der Waals surface area contributed by atoms with Crippen LogP contribution in [0.4, 0.5) is 4.39 Å². The van der Waals surface area contributed by atoms with E-state index in [1.165, 1.54) is 18.2 Å². The molecule has 3 rings (SSSR count). The molecule has 158 valence electrons. The predicted octanol–water partition coefficient (Wildman–Crippen LogP) is 6.05. The van der Waals surface area contributed by atoms with Crippen molar-refractivity contribution in [3.8, 4) is 28.5 Å². The fraction of sp³-hybridized carbons (Fsp3) is 0.208. The van der Waals surface area contributed by atoms with E-state index in [0.29, 0.717) is 40.0 Å². The maximum atomic E-state index is 13.6. The Bertz CT molecular complexity index is 1150. The summed E-state index contributed by atoms with van der Waals surface area (Å²) in [6.45, 7) is 4.52. The predicted molar refractivity (Wildman–Crippen MR) is 121 cm³/mol. The SMILES string of the molecule is CC(C)CNC(=O)Cc1nc(-c2ccc(F)cc2Cl)c(-c2ccc(Cl)cc2)cc1C#N. The second-order valence-corrected chi connectivity index (χ2v) is 8.34. The molecule has 1 heterocycles. The molecule has 1 aromatic heterocycles. The zero-order valence-corrected chi connectivity index (χ0v) is 18.6. The molecule has 0 unspecified atom stereocenters. The highest BCUT2D eigenvalue weighted by Gasteiger charge is 2.19. The Morgan fingerprint density at radius 1 is 1.13 bits per heavy atom. The molecular formula is C24H20Cl2FN3O. The summed E-state index contributed by atoms with van der Waals surface area (Å²) in [5, 5.41) is 13.3. The van der Waals surface area contributed by atoms with E-state index in [9.17, 15) is 14.4 Å². The Hall–Kier alpha value is -2.94. The highest BCUT2D eigenvalue weighted by atomic mass is 35.5. The van der Waals surface area contributed by atoms with Crippen molar-refractivity contribution in [2.45, 2.75) is 20.3 Å². The highest BCUT2D eigenvalue weighted by molar-refractivity contribution is 6.33. The Balaban J connectivity index is 2.15. The summed E-state index contributed by atoms with van der Waals surface area (Å²) in [6, 6.07) is 14.9. The van der Waals surface area contributed by atoms with Gasteiger partial charge in [-0.3, -0.25) is 9.78 Å². The van der Waals surface area contributed by atoms with Gasteiger partial charge in [0.1, 0.15) is 11.9 Å². The molecule has 0 bridgehead atoms. The van der Waals surface area contributed by atoms with Crippen LogP contribution in [0.25, 0.3) is 22.4 Å². The van der Waals surface area contributed by atoms with Gasteiger partial charge in [-0.1, -0.05) is 49.2 Å². The van der Waals surface area contributed by atoms with Gasteiger partial charge in [-0.15, -0.1) is 0 Å². The topological polar surface area (TPSA) is 65.8 Å². The molecule has 0 aliphatic carbocycles. The molecule has 2 aromatic carbocycles. The number of carbonyl (C=O) groups excluding carboxylic acids is 1. The first-order chi connectivity index (χ1) is 14.8. The lowest BCUT2D eigenvalue weighted by Gasteiger charge is -2.15. The van der Waals surface area contributed by atoms with Crippen molar-refractivity contribution in [2.75, 3.05) is 6.54 Å². The summed E-state index contributed by atoms with van der Waals surface area (Å²) in [4.78, 5) is 17.0. The van der Waals surface area contributed by atoms with Crippen LogP contribution in [0.5, 0.6) is 0 Å². The monoisotopic (exact) mass is 455 g/mol. The molecule has 0 saturated heterocycles. The zero-order valence-electron chi connectivity index (χ0n) is 17.0. The third-order valence-electron chi connectivity index (χ3n) is 4.60. The molecule has 3 aromatic rings. The van der Waals surface area contributed by atoms with Gasteiger partial charge < -0.3 is 5.32 Å². The van der Waals surface area contributed by atoms with Crippen molar-refractivity contribution in [3.63, 3.8) is 0 Å². The van der Waals surface area contributed by atoms with Crippen molar-refractivity contribution in [2.24, 2.45) is 5.92 Å². The van der Waals surface area contributed by atoms with Gasteiger partial charge >= 0.3 is 0 Å². The Morgan fingerprint density at radius 2 is 1.84 bits per heavy atom. The molecule has 0 spiro atoms. The number of aromatic nitrogens is 1. The van der Waals surface area contributed by atoms with Crippen molar-refractivity contribution >= 4 is 29.1 Å². The lowest BCUT2D eigenvalue weighted by atomic mass is 9.96. The van der Waals surface area contributed by atoms with Gasteiger partial charge in [0.15, 0.2) is 0 Å². The fourth-order valence-corrected chi connectivity index (χ4v) is 3.43. The highest BCUT2D eigenvalue weighted by Crippen LogP contribution is 2.36. The maximum Gasteiger partial charge on any atom is 0.226 e. The lowest BCUT2D eigenvalue weighted by Crippen LogP contribution is -2.29. The number of rotatable bonds is 6. The molecule has 0 saturated carbocycles. The molecule has 31 heavy (non-hydrogen) atoms. The van der Waals surface area contributed by atoms with Crippen LogP contribution in [0.3, 0.4) is 0 Å². The van der Waals surface area contributed by atoms with Crippen LogP contribution in [-0.4, -0.2) is 17.4 Å². The Labute approximate surface area is 190 Å². The summed E-state index contributed by atoms with van der Waals surface area (Å²) < 4.78 is 13.6. The number of hydrogen-bond donors (Lipinski definition) is 1. The number of halogens is 3. The van der Waals surface area contributed by atoms with Gasteiger partial charge in [0.25, 0.3) is 0 Å². The smallest absolute Gasteiger partial charge is 0.226 e. The largest absolute Gasteiger partial charge is 0.356 e. The van der Waals surface area contributed by atoms with E-state index in [-0.39, 0.29) is 22.9 Å². The minimum Gasteiger partial charge on any atom is -0.356 e. The van der Waals surface area contributed by atoms with Crippen LogP contribution >= 0.6 is 23.2 Å². The van der Waals surface area contributed by atoms with E-state index in [2.05, 4.69) is 16.4 Å². The number of hydrogen-bond acceptors (Lipinski definition) is 3. The van der Waals surface area contributed by atoms with E-state index in [1.807, 2.05) is 13.8 Å². The number of pyridine rings is 1. The van der Waals surface area contributed by atoms with E-state index < -0.39 is 5.82 Å². The minimum atomic E-state index is -0.469. The number of nitrogens with zero attached hydrogens (tertiary/aromatic N) is 2. The number of amides is 1. The molecule has 4 nitrogen and oxygen atoms in total. The van der Waals surface area contributed by atoms with Gasteiger partial charge in [-0.2, -0.15) is 5.26 Å². The number of nitrogens with one attached hydrogen (secondary N) is 1. The molecule has 0 radical (unpaired) electrons. The molecule has 0 atom stereocenters. The summed E-state index contributed by atoms with van der Waals surface area (Å²) >= 11 is 12.3. The van der Waals surface area contributed by atoms with Gasteiger partial charge in [0, 0.05) is 22.7 Å². The van der Waals surface area contributed by atoms with Crippen molar-refractivity contribution < 1.29 is 9.18 Å². The molecular weight excluding hydrogens is 436 g/mol. The average Bonchev–Trinajstić information content (AvgIpc) is 2.73. The second kappa shape index (κ2) is 9.91. The van der Waals surface area contributed by atoms with Crippen LogP contribution in [0.15, 0.2) is 48.5 Å². The van der Waals surface area contributed by atoms with Crippen molar-refractivity contribution in [1.29, 1.82) is 5.26 Å². The van der Waals surface area contributed by atoms with Crippen LogP contribution in [0.2, 0.25) is 10.0 Å². The third-order valence-corrected chi connectivity index (χ3v) is 5.16. The third kappa shape index (κ3) is 5.61. The summed E-state index contributed by atoms with van der Waals surface area (Å²) in [6.07, 6.45) is -0.0532. The lowest BCUT2D eigenvalue weighted by molar-refractivity contribution is -0.120. The fourth-order valence-electron chi connectivity index (χ4n) is 3.05. The summed E-state index contributed by atoms with van der Waals surface area (Å²) in [7, 11) is 0. The molecule has 0 fully saturated rings. The second-order valence-electron chi connectivity index (χ2n) is 7.50. The molecule has 0 aliphatic rings. The van der Waals surface area contributed by atoms with Crippen LogP contribution in [-0.2, 0) is 11.2 Å². The quantitative estimate of drug-likeness (QED) is 0.491. The standard InChI is InChI=1S/C24H20Cl2FN3O/c1-14(2)13-29-23(31)11-22-16(12-28)9-20(15-3-5-17(25)6-4-15)24(30-22)19-8-7-18(27)10-21(19)26/h3-10,14H,11,13H2,1-2H3,(H,29,31). The number of benzene rings is 2. The zero-order chi connectivity index (χ0) is 22.5. The first kappa shape index (κ1) is 22.7. The van der Waals surface area contributed by atoms with Crippen LogP contribution < -0.4 is 5.32 Å². The van der Waals surface area contributed by atoms with Crippen LogP contribution in [0, 0.1) is 23.1 Å². The van der Waals surface area contributed by atoms with E-state index in [0.717, 1.165) is 5.56 Å². The van der Waals surface area contributed by atoms with E-state index in [1.54, 1.807) is 30.3 Å². The molecule has 1 N–H and O–H groups in total. The molecule has 1 amide bonds.